The first-order chi connectivity index (χ1) is 9.02. The van der Waals surface area contributed by atoms with E-state index in [2.05, 4.69) is 0 Å². The predicted octanol–water partition coefficient (Wildman–Crippen LogP) is 0.0979. The maximum atomic E-state index is 11.6. The molecule has 0 unspecified atom stereocenters. The van der Waals surface area contributed by atoms with Gasteiger partial charge in [-0.05, 0) is 19.8 Å². The highest BCUT2D eigenvalue weighted by atomic mass is 16.8. The number of cyclic esters (lactones) is 1. The van der Waals surface area contributed by atoms with Gasteiger partial charge in [0.25, 0.3) is 0 Å². The van der Waals surface area contributed by atoms with Crippen LogP contribution in [0.2, 0.25) is 0 Å². The van der Waals surface area contributed by atoms with Gasteiger partial charge in [0.1, 0.15) is 12.2 Å². The summed E-state index contributed by atoms with van der Waals surface area (Å²) in [5.41, 5.74) is 0. The summed E-state index contributed by atoms with van der Waals surface area (Å²) in [6, 6.07) is 0. The summed E-state index contributed by atoms with van der Waals surface area (Å²) in [5.74, 6) is -1.46. The monoisotopic (exact) mass is 272 g/mol. The molecule has 19 heavy (non-hydrogen) atoms. The molecule has 3 fully saturated rings. The summed E-state index contributed by atoms with van der Waals surface area (Å²) in [4.78, 5) is 11.6. The van der Waals surface area contributed by atoms with Crippen LogP contribution in [-0.4, -0.2) is 52.5 Å². The Kier molecular flexibility index (Phi) is 3.29. The molecule has 6 nitrogen and oxygen atoms in total. The molecule has 108 valence electrons. The maximum absolute atomic E-state index is 11.6. The second kappa shape index (κ2) is 4.70. The fourth-order valence-corrected chi connectivity index (χ4v) is 3.26. The van der Waals surface area contributed by atoms with Gasteiger partial charge in [-0.2, -0.15) is 0 Å². The van der Waals surface area contributed by atoms with Crippen molar-refractivity contribution in [3.8, 4) is 0 Å². The Labute approximate surface area is 111 Å². The molecule has 1 spiro atoms. The van der Waals surface area contributed by atoms with Gasteiger partial charge in [-0.1, -0.05) is 6.42 Å². The number of aliphatic hydroxyl groups is 2. The number of carbonyl (C=O) groups excluding carboxylic acids is 1. The summed E-state index contributed by atoms with van der Waals surface area (Å²) in [6.45, 7) is 1.54. The fraction of sp³-hybridized carbons (Fsp3) is 0.923. The third-order valence-electron chi connectivity index (χ3n) is 4.25. The van der Waals surface area contributed by atoms with Crippen LogP contribution in [0, 0.1) is 0 Å². The van der Waals surface area contributed by atoms with Gasteiger partial charge >= 0.3 is 5.97 Å². The van der Waals surface area contributed by atoms with Crippen LogP contribution in [0.3, 0.4) is 0 Å². The average molecular weight is 272 g/mol. The number of rotatable bonds is 1. The topological polar surface area (TPSA) is 85.2 Å². The molecule has 0 radical (unpaired) electrons. The largest absolute Gasteiger partial charge is 0.455 e. The molecule has 3 aliphatic rings. The molecular formula is C13H20O6. The molecule has 2 heterocycles. The van der Waals surface area contributed by atoms with Crippen molar-refractivity contribution in [1.29, 1.82) is 0 Å². The number of hydrogen-bond donors (Lipinski definition) is 2. The summed E-state index contributed by atoms with van der Waals surface area (Å²) in [7, 11) is 0. The second-order valence-corrected chi connectivity index (χ2v) is 5.72. The number of hydrogen-bond acceptors (Lipinski definition) is 6. The van der Waals surface area contributed by atoms with Gasteiger partial charge in [0.05, 0.1) is 6.10 Å². The molecule has 1 saturated carbocycles. The van der Waals surface area contributed by atoms with E-state index < -0.39 is 42.3 Å². The zero-order valence-corrected chi connectivity index (χ0v) is 10.9. The van der Waals surface area contributed by atoms with Crippen molar-refractivity contribution in [3.63, 3.8) is 0 Å². The van der Waals surface area contributed by atoms with E-state index >= 15 is 0 Å². The third kappa shape index (κ3) is 2.16. The first-order valence-corrected chi connectivity index (χ1v) is 6.95. The summed E-state index contributed by atoms with van der Waals surface area (Å²) in [5, 5.41) is 19.6. The minimum Gasteiger partial charge on any atom is -0.455 e. The quantitative estimate of drug-likeness (QED) is 0.658. The average Bonchev–Trinajstić information content (AvgIpc) is 2.74. The van der Waals surface area contributed by atoms with Gasteiger partial charge in [0.15, 0.2) is 18.0 Å². The number of carbonyl (C=O) groups is 1. The third-order valence-corrected chi connectivity index (χ3v) is 4.25. The second-order valence-electron chi connectivity index (χ2n) is 5.72. The van der Waals surface area contributed by atoms with E-state index in [4.69, 9.17) is 14.2 Å². The van der Waals surface area contributed by atoms with Crippen LogP contribution in [0.4, 0.5) is 0 Å². The van der Waals surface area contributed by atoms with Gasteiger partial charge in [-0.25, -0.2) is 4.79 Å². The molecule has 0 amide bonds. The van der Waals surface area contributed by atoms with E-state index in [0.29, 0.717) is 0 Å². The van der Waals surface area contributed by atoms with Crippen molar-refractivity contribution in [1.82, 2.24) is 0 Å². The first-order valence-electron chi connectivity index (χ1n) is 6.95. The van der Waals surface area contributed by atoms with Crippen molar-refractivity contribution in [2.75, 3.05) is 0 Å². The lowest BCUT2D eigenvalue weighted by Gasteiger charge is -2.35. The van der Waals surface area contributed by atoms with E-state index in [-0.39, 0.29) is 0 Å². The van der Waals surface area contributed by atoms with Crippen molar-refractivity contribution in [3.05, 3.63) is 0 Å². The molecule has 0 aromatic rings. The molecule has 0 aromatic carbocycles. The van der Waals surface area contributed by atoms with E-state index in [1.807, 2.05) is 0 Å². The Morgan fingerprint density at radius 2 is 1.84 bits per heavy atom. The predicted molar refractivity (Wildman–Crippen MR) is 63.1 cm³/mol. The lowest BCUT2D eigenvalue weighted by atomic mass is 9.94. The fourth-order valence-electron chi connectivity index (χ4n) is 3.26. The molecular weight excluding hydrogens is 252 g/mol. The normalized spacial score (nSPS) is 42.8. The molecule has 0 aromatic heterocycles. The number of aliphatic hydroxyl groups excluding tert-OH is 2. The van der Waals surface area contributed by atoms with Crippen molar-refractivity contribution < 1.29 is 29.2 Å². The Bertz CT molecular complexity index is 362. The van der Waals surface area contributed by atoms with Crippen LogP contribution in [-0.2, 0) is 19.0 Å². The Morgan fingerprint density at radius 1 is 1.21 bits per heavy atom. The van der Waals surface area contributed by atoms with Crippen LogP contribution < -0.4 is 0 Å². The molecule has 0 bridgehead atoms. The highest BCUT2D eigenvalue weighted by molar-refractivity contribution is 5.76. The molecule has 2 aliphatic heterocycles. The van der Waals surface area contributed by atoms with Crippen LogP contribution in [0.1, 0.15) is 39.0 Å². The van der Waals surface area contributed by atoms with Gasteiger partial charge < -0.3 is 24.4 Å². The van der Waals surface area contributed by atoms with Crippen molar-refractivity contribution in [2.24, 2.45) is 0 Å². The minimum absolute atomic E-state index is 0.592. The molecule has 2 N–H and O–H groups in total. The van der Waals surface area contributed by atoms with E-state index in [9.17, 15) is 15.0 Å². The Morgan fingerprint density at radius 3 is 2.47 bits per heavy atom. The molecule has 2 saturated heterocycles. The Hall–Kier alpha value is -0.690. The van der Waals surface area contributed by atoms with Crippen LogP contribution >= 0.6 is 0 Å². The van der Waals surface area contributed by atoms with E-state index in [0.717, 1.165) is 32.1 Å². The lowest BCUT2D eigenvalue weighted by Crippen LogP contribution is -2.57. The maximum Gasteiger partial charge on any atom is 0.338 e. The van der Waals surface area contributed by atoms with Gasteiger partial charge in [-0.3, -0.25) is 0 Å². The molecule has 5 atom stereocenters. The number of fused-ring (bicyclic) bond motifs is 1. The standard InChI is InChI=1S/C13H20O6/c1-7(14)9-11-10(8(15)12(16)17-9)18-13(19-11)5-3-2-4-6-13/h7-11,14-15H,2-6H2,1H3/t7-,8+,9-,10-,11+/m0/s1. The SMILES string of the molecule is C[C@H](O)[C@@H]1OC(=O)[C@H](O)[C@@H]2OC3(CCCCC3)O[C@H]12. The smallest absolute Gasteiger partial charge is 0.338 e. The van der Waals surface area contributed by atoms with E-state index in [1.54, 1.807) is 6.92 Å². The summed E-state index contributed by atoms with van der Waals surface area (Å²) in [6.07, 6.45) is 0.370. The van der Waals surface area contributed by atoms with Crippen LogP contribution in [0.15, 0.2) is 0 Å². The van der Waals surface area contributed by atoms with Gasteiger partial charge in [-0.15, -0.1) is 0 Å². The van der Waals surface area contributed by atoms with Gasteiger partial charge in [0, 0.05) is 12.8 Å². The highest BCUT2D eigenvalue weighted by Gasteiger charge is 2.59. The minimum atomic E-state index is -1.33. The summed E-state index contributed by atoms with van der Waals surface area (Å²) >= 11 is 0. The zero-order valence-electron chi connectivity index (χ0n) is 10.9. The first kappa shape index (κ1) is 13.3. The summed E-state index contributed by atoms with van der Waals surface area (Å²) < 4.78 is 16.9. The zero-order chi connectivity index (χ0) is 13.6. The number of esters is 1. The van der Waals surface area contributed by atoms with E-state index in [1.165, 1.54) is 0 Å². The molecule has 6 heteroatoms. The lowest BCUT2D eigenvalue weighted by molar-refractivity contribution is -0.203. The van der Waals surface area contributed by atoms with Crippen molar-refractivity contribution >= 4 is 5.97 Å². The Balaban J connectivity index is 1.84. The molecule has 1 aliphatic carbocycles. The van der Waals surface area contributed by atoms with Crippen LogP contribution in [0.5, 0.6) is 0 Å². The van der Waals surface area contributed by atoms with Gasteiger partial charge in [0.2, 0.25) is 0 Å². The van der Waals surface area contributed by atoms with Crippen LogP contribution in [0.25, 0.3) is 0 Å². The number of ether oxygens (including phenoxy) is 3. The van der Waals surface area contributed by atoms with Crippen molar-refractivity contribution in [2.45, 2.75) is 75.3 Å². The highest BCUT2D eigenvalue weighted by Crippen LogP contribution is 2.44. The molecule has 3 rings (SSSR count).